The summed E-state index contributed by atoms with van der Waals surface area (Å²) in [6.07, 6.45) is 17.3. The minimum Gasteiger partial charge on any atom is -0.355 e. The number of nitrogens with one attached hydrogen (secondary N) is 2. The summed E-state index contributed by atoms with van der Waals surface area (Å²) in [5.74, 6) is 5.66. The van der Waals surface area contributed by atoms with Crippen LogP contribution in [0.1, 0.15) is 89.9 Å². The predicted molar refractivity (Wildman–Crippen MR) is 133 cm³/mol. The second-order valence-corrected chi connectivity index (χ2v) is 13.8. The number of hydrogen-bond acceptors (Lipinski definition) is 4. The topological polar surface area (TPSA) is 76.7 Å². The molecule has 6 heteroatoms. The third-order valence-electron chi connectivity index (χ3n) is 10.8. The van der Waals surface area contributed by atoms with E-state index in [2.05, 4.69) is 10.6 Å². The van der Waals surface area contributed by atoms with Crippen molar-refractivity contribution >= 4 is 11.8 Å². The molecule has 0 radical (unpaired) electrons. The molecule has 0 spiro atoms. The van der Waals surface area contributed by atoms with E-state index in [1.165, 1.54) is 77.0 Å². The largest absolute Gasteiger partial charge is 0.355 e. The summed E-state index contributed by atoms with van der Waals surface area (Å²) in [6.45, 7) is 2.58. The molecule has 2 amide bonds. The minimum atomic E-state index is 0.0878. The van der Waals surface area contributed by atoms with Gasteiger partial charge < -0.3 is 20.1 Å². The van der Waals surface area contributed by atoms with Crippen molar-refractivity contribution in [3.63, 3.8) is 0 Å². The summed E-state index contributed by atoms with van der Waals surface area (Å²) >= 11 is 0. The van der Waals surface area contributed by atoms with Gasteiger partial charge in [-0.2, -0.15) is 0 Å². The van der Waals surface area contributed by atoms with Gasteiger partial charge in [0.05, 0.1) is 26.1 Å². The molecule has 0 saturated heterocycles. The van der Waals surface area contributed by atoms with Crippen LogP contribution in [0.4, 0.5) is 0 Å². The van der Waals surface area contributed by atoms with Crippen LogP contribution in [-0.4, -0.2) is 44.9 Å². The van der Waals surface area contributed by atoms with Crippen LogP contribution < -0.4 is 10.6 Å². The molecule has 8 fully saturated rings. The van der Waals surface area contributed by atoms with E-state index >= 15 is 0 Å². The van der Waals surface area contributed by atoms with Gasteiger partial charge in [-0.15, -0.1) is 0 Å². The molecule has 35 heavy (non-hydrogen) atoms. The number of amides is 2. The van der Waals surface area contributed by atoms with Gasteiger partial charge in [0.15, 0.2) is 0 Å². The summed E-state index contributed by atoms with van der Waals surface area (Å²) in [5, 5.41) is 6.41. The fraction of sp³-hybridized carbons (Fsp3) is 0.931. The van der Waals surface area contributed by atoms with E-state index in [0.29, 0.717) is 36.9 Å². The Morgan fingerprint density at radius 3 is 1.20 bits per heavy atom. The van der Waals surface area contributed by atoms with Crippen molar-refractivity contribution in [2.45, 2.75) is 89.9 Å². The fourth-order valence-corrected chi connectivity index (χ4v) is 10.3. The van der Waals surface area contributed by atoms with Gasteiger partial charge in [-0.3, -0.25) is 9.59 Å². The predicted octanol–water partition coefficient (Wildman–Crippen LogP) is 4.42. The van der Waals surface area contributed by atoms with Crippen molar-refractivity contribution in [2.75, 3.05) is 33.1 Å². The average molecular weight is 487 g/mol. The van der Waals surface area contributed by atoms with Crippen LogP contribution in [0.15, 0.2) is 0 Å². The highest BCUT2D eigenvalue weighted by molar-refractivity contribution is 5.76. The van der Waals surface area contributed by atoms with Gasteiger partial charge in [-0.25, -0.2) is 0 Å². The number of carbonyl (C=O) groups excluding carboxylic acids is 2. The van der Waals surface area contributed by atoms with Crippen LogP contribution in [-0.2, 0) is 19.1 Å². The molecule has 8 rings (SSSR count). The number of hydrogen-bond donors (Lipinski definition) is 2. The first-order chi connectivity index (χ1) is 17.0. The lowest BCUT2D eigenvalue weighted by molar-refractivity contribution is -0.127. The number of ether oxygens (including phenoxy) is 2. The van der Waals surface area contributed by atoms with Crippen LogP contribution in [0.3, 0.4) is 0 Å². The van der Waals surface area contributed by atoms with Gasteiger partial charge in [0.25, 0.3) is 0 Å². The molecule has 196 valence electrons. The highest BCUT2D eigenvalue weighted by atomic mass is 16.7. The number of rotatable bonds is 12. The molecule has 0 aliphatic heterocycles. The fourth-order valence-electron chi connectivity index (χ4n) is 10.3. The Balaban J connectivity index is 0.796. The summed E-state index contributed by atoms with van der Waals surface area (Å²) in [5.41, 5.74) is 0.759. The highest BCUT2D eigenvalue weighted by Gasteiger charge is 2.51. The van der Waals surface area contributed by atoms with E-state index in [0.717, 1.165) is 48.6 Å². The van der Waals surface area contributed by atoms with Gasteiger partial charge in [-0.05, 0) is 123 Å². The lowest BCUT2D eigenvalue weighted by Crippen LogP contribution is -2.51. The smallest absolute Gasteiger partial charge is 0.222 e. The van der Waals surface area contributed by atoms with Crippen molar-refractivity contribution in [1.29, 1.82) is 0 Å². The van der Waals surface area contributed by atoms with E-state index < -0.39 is 0 Å². The SMILES string of the molecule is O=C(CCOCOCCC(=O)NCC12CC3CC(CC(C3)C1)C2)NCC12CC3CC(CC(C3)C1)C2. The van der Waals surface area contributed by atoms with Gasteiger partial charge in [0.1, 0.15) is 6.79 Å². The normalized spacial score (nSPS) is 42.4. The van der Waals surface area contributed by atoms with Gasteiger partial charge in [0, 0.05) is 13.1 Å². The first-order valence-corrected chi connectivity index (χ1v) is 14.7. The Bertz CT molecular complexity index is 661. The molecule has 8 bridgehead atoms. The monoisotopic (exact) mass is 486 g/mol. The van der Waals surface area contributed by atoms with E-state index in [-0.39, 0.29) is 18.6 Å². The number of carbonyl (C=O) groups is 2. The Morgan fingerprint density at radius 1 is 0.571 bits per heavy atom. The molecule has 8 aliphatic carbocycles. The summed E-state index contributed by atoms with van der Waals surface area (Å²) in [6, 6.07) is 0. The summed E-state index contributed by atoms with van der Waals surface area (Å²) in [4.78, 5) is 24.7. The zero-order valence-electron chi connectivity index (χ0n) is 21.5. The molecule has 0 aromatic heterocycles. The average Bonchev–Trinajstić information content (AvgIpc) is 2.79. The first kappa shape index (κ1) is 24.2. The molecule has 0 aromatic rings. The van der Waals surface area contributed by atoms with Crippen LogP contribution in [0.25, 0.3) is 0 Å². The summed E-state index contributed by atoms with van der Waals surface area (Å²) in [7, 11) is 0. The van der Waals surface area contributed by atoms with Crippen molar-refractivity contribution in [1.82, 2.24) is 10.6 Å². The molecule has 0 aromatic carbocycles. The third kappa shape index (κ3) is 5.58. The molecule has 0 unspecified atom stereocenters. The second-order valence-electron chi connectivity index (χ2n) is 13.8. The molecular weight excluding hydrogens is 440 g/mol. The quantitative estimate of drug-likeness (QED) is 0.316. The van der Waals surface area contributed by atoms with E-state index in [4.69, 9.17) is 9.47 Å². The second kappa shape index (κ2) is 9.96. The lowest BCUT2D eigenvalue weighted by Gasteiger charge is -2.56. The van der Waals surface area contributed by atoms with E-state index in [1.54, 1.807) is 0 Å². The van der Waals surface area contributed by atoms with E-state index in [9.17, 15) is 9.59 Å². The van der Waals surface area contributed by atoms with Crippen molar-refractivity contribution in [3.8, 4) is 0 Å². The van der Waals surface area contributed by atoms with Gasteiger partial charge in [-0.1, -0.05) is 0 Å². The maximum atomic E-state index is 12.3. The van der Waals surface area contributed by atoms with Crippen molar-refractivity contribution in [2.24, 2.45) is 46.3 Å². The van der Waals surface area contributed by atoms with Crippen LogP contribution in [0.2, 0.25) is 0 Å². The standard InChI is InChI=1S/C29H46N2O4/c32-26(30-17-28-11-20-5-21(12-28)7-22(6-20)13-28)1-3-34-19-35-4-2-27(33)31-18-29-14-23-8-24(15-29)10-25(9-23)16-29/h20-25H,1-19H2,(H,30,32)(H,31,33). The zero-order chi connectivity index (χ0) is 23.9. The molecular formula is C29H46N2O4. The Hall–Kier alpha value is -1.14. The summed E-state index contributed by atoms with van der Waals surface area (Å²) < 4.78 is 11.0. The molecule has 6 nitrogen and oxygen atoms in total. The van der Waals surface area contributed by atoms with Crippen LogP contribution in [0.5, 0.6) is 0 Å². The molecule has 8 aliphatic rings. The lowest BCUT2D eigenvalue weighted by atomic mass is 9.49. The van der Waals surface area contributed by atoms with Crippen LogP contribution >= 0.6 is 0 Å². The maximum Gasteiger partial charge on any atom is 0.222 e. The van der Waals surface area contributed by atoms with Gasteiger partial charge in [0.2, 0.25) is 11.8 Å². The third-order valence-corrected chi connectivity index (χ3v) is 10.8. The van der Waals surface area contributed by atoms with Crippen molar-refractivity contribution < 1.29 is 19.1 Å². The first-order valence-electron chi connectivity index (χ1n) is 14.7. The van der Waals surface area contributed by atoms with E-state index in [1.807, 2.05) is 0 Å². The minimum absolute atomic E-state index is 0.0878. The Labute approximate surface area is 211 Å². The Morgan fingerprint density at radius 2 is 0.886 bits per heavy atom. The molecule has 2 N–H and O–H groups in total. The molecule has 8 saturated carbocycles. The van der Waals surface area contributed by atoms with Gasteiger partial charge >= 0.3 is 0 Å². The molecule has 0 atom stereocenters. The van der Waals surface area contributed by atoms with Crippen LogP contribution in [0, 0.1) is 46.3 Å². The zero-order valence-corrected chi connectivity index (χ0v) is 21.5. The van der Waals surface area contributed by atoms with Crippen molar-refractivity contribution in [3.05, 3.63) is 0 Å². The maximum absolute atomic E-state index is 12.3. The molecule has 0 heterocycles. The highest BCUT2D eigenvalue weighted by Crippen LogP contribution is 2.60. The Kier molecular flexibility index (Phi) is 6.89.